The second-order valence-corrected chi connectivity index (χ2v) is 6.85. The number of anilines is 1. The molecule has 0 bridgehead atoms. The number of hydrogen-bond acceptors (Lipinski definition) is 2. The number of nitrogens with zero attached hydrogens (tertiary/aromatic N) is 1. The predicted octanol–water partition coefficient (Wildman–Crippen LogP) is 5.44. The molecule has 0 aliphatic carbocycles. The highest BCUT2D eigenvalue weighted by Gasteiger charge is 2.31. The van der Waals surface area contributed by atoms with Crippen LogP contribution in [-0.4, -0.2) is 10.9 Å². The van der Waals surface area contributed by atoms with E-state index in [-0.39, 0.29) is 10.7 Å². The maximum atomic E-state index is 14.1. The fourth-order valence-electron chi connectivity index (χ4n) is 2.14. The number of amides is 1. The molecule has 0 atom stereocenters. The molecule has 8 heteroatoms. The molecule has 0 aliphatic heterocycles. The van der Waals surface area contributed by atoms with Gasteiger partial charge in [-0.05, 0) is 35.2 Å². The van der Waals surface area contributed by atoms with Gasteiger partial charge in [-0.2, -0.15) is 13.2 Å². The van der Waals surface area contributed by atoms with E-state index in [0.717, 1.165) is 18.3 Å². The fourth-order valence-corrected chi connectivity index (χ4v) is 2.57. The van der Waals surface area contributed by atoms with Gasteiger partial charge in [0.25, 0.3) is 5.91 Å². The number of rotatable bonds is 2. The van der Waals surface area contributed by atoms with E-state index in [0.29, 0.717) is 11.6 Å². The van der Waals surface area contributed by atoms with Crippen LogP contribution in [0.2, 0.25) is 5.02 Å². The number of alkyl halides is 3. The van der Waals surface area contributed by atoms with Crippen LogP contribution in [0.5, 0.6) is 0 Å². The monoisotopic (exact) mass is 374 g/mol. The number of carbonyl (C=O) groups excluding carboxylic acids is 1. The van der Waals surface area contributed by atoms with E-state index < -0.39 is 34.6 Å². The van der Waals surface area contributed by atoms with E-state index in [1.807, 2.05) is 20.8 Å². The van der Waals surface area contributed by atoms with Crippen LogP contribution >= 0.6 is 11.6 Å². The molecular formula is C17H15ClF4N2O. The van der Waals surface area contributed by atoms with Crippen LogP contribution in [0.3, 0.4) is 0 Å². The van der Waals surface area contributed by atoms with Crippen LogP contribution in [0.1, 0.15) is 42.4 Å². The number of pyridine rings is 1. The first-order chi connectivity index (χ1) is 11.4. The summed E-state index contributed by atoms with van der Waals surface area (Å²) in [6.07, 6.45) is -3.74. The third-order valence-electron chi connectivity index (χ3n) is 3.43. The minimum atomic E-state index is -4.61. The van der Waals surface area contributed by atoms with Crippen molar-refractivity contribution in [2.75, 3.05) is 5.32 Å². The van der Waals surface area contributed by atoms with E-state index >= 15 is 0 Å². The Morgan fingerprint density at radius 2 is 1.80 bits per heavy atom. The van der Waals surface area contributed by atoms with Crippen molar-refractivity contribution < 1.29 is 22.4 Å². The summed E-state index contributed by atoms with van der Waals surface area (Å²) in [4.78, 5) is 15.8. The lowest BCUT2D eigenvalue weighted by atomic mass is 9.86. The molecule has 0 aliphatic rings. The molecule has 1 aromatic heterocycles. The Morgan fingerprint density at radius 1 is 1.16 bits per heavy atom. The van der Waals surface area contributed by atoms with Gasteiger partial charge in [0.05, 0.1) is 11.3 Å². The average molecular weight is 375 g/mol. The Morgan fingerprint density at radius 3 is 2.36 bits per heavy atom. The maximum absolute atomic E-state index is 14.1. The summed E-state index contributed by atoms with van der Waals surface area (Å²) in [5.41, 5.74) is -1.50. The van der Waals surface area contributed by atoms with Crippen molar-refractivity contribution in [3.63, 3.8) is 0 Å². The third-order valence-corrected chi connectivity index (χ3v) is 3.75. The molecule has 0 radical (unpaired) electrons. The van der Waals surface area contributed by atoms with Crippen molar-refractivity contribution in [3.05, 3.63) is 58.1 Å². The molecule has 1 aromatic carbocycles. The molecule has 2 rings (SSSR count). The van der Waals surface area contributed by atoms with Crippen LogP contribution in [0.15, 0.2) is 30.5 Å². The van der Waals surface area contributed by atoms with Crippen LogP contribution in [0, 0.1) is 5.82 Å². The summed E-state index contributed by atoms with van der Waals surface area (Å²) >= 11 is 6.02. The summed E-state index contributed by atoms with van der Waals surface area (Å²) in [5.74, 6) is -1.74. The summed E-state index contributed by atoms with van der Waals surface area (Å²) < 4.78 is 52.2. The van der Waals surface area contributed by atoms with Crippen LogP contribution in [0.25, 0.3) is 0 Å². The molecule has 0 saturated carbocycles. The van der Waals surface area contributed by atoms with E-state index in [2.05, 4.69) is 10.3 Å². The molecule has 1 heterocycles. The van der Waals surface area contributed by atoms with Gasteiger partial charge in [0.2, 0.25) is 0 Å². The fraction of sp³-hybridized carbons (Fsp3) is 0.294. The Balaban J connectivity index is 2.36. The SMILES string of the molecule is CC(C)(C)c1cc(NC(=O)c2cc(C(F)(F)F)ccn2)c(F)cc1Cl. The van der Waals surface area contributed by atoms with Gasteiger partial charge < -0.3 is 5.32 Å². The van der Waals surface area contributed by atoms with Gasteiger partial charge in [-0.3, -0.25) is 9.78 Å². The van der Waals surface area contributed by atoms with E-state index in [1.165, 1.54) is 6.07 Å². The van der Waals surface area contributed by atoms with Crippen LogP contribution < -0.4 is 5.32 Å². The number of nitrogens with one attached hydrogen (secondary N) is 1. The minimum Gasteiger partial charge on any atom is -0.318 e. The zero-order chi connectivity index (χ0) is 19.0. The zero-order valence-corrected chi connectivity index (χ0v) is 14.4. The molecule has 0 fully saturated rings. The number of aromatic nitrogens is 1. The predicted molar refractivity (Wildman–Crippen MR) is 87.3 cm³/mol. The molecule has 0 unspecified atom stereocenters. The van der Waals surface area contributed by atoms with Gasteiger partial charge in [0.15, 0.2) is 0 Å². The largest absolute Gasteiger partial charge is 0.416 e. The minimum absolute atomic E-state index is 0.182. The molecule has 25 heavy (non-hydrogen) atoms. The number of benzene rings is 1. The lowest BCUT2D eigenvalue weighted by molar-refractivity contribution is -0.137. The van der Waals surface area contributed by atoms with Gasteiger partial charge in [-0.25, -0.2) is 4.39 Å². The molecule has 1 amide bonds. The quantitative estimate of drug-likeness (QED) is 0.711. The normalized spacial score (nSPS) is 12.2. The first-order valence-corrected chi connectivity index (χ1v) is 7.61. The van der Waals surface area contributed by atoms with Gasteiger partial charge in [0.1, 0.15) is 11.5 Å². The summed E-state index contributed by atoms with van der Waals surface area (Å²) in [6, 6.07) is 3.77. The van der Waals surface area contributed by atoms with Gasteiger partial charge in [-0.15, -0.1) is 0 Å². The molecule has 134 valence electrons. The van der Waals surface area contributed by atoms with Crippen molar-refractivity contribution in [1.29, 1.82) is 0 Å². The highest BCUT2D eigenvalue weighted by molar-refractivity contribution is 6.31. The van der Waals surface area contributed by atoms with Crippen molar-refractivity contribution in [2.24, 2.45) is 0 Å². The van der Waals surface area contributed by atoms with Gasteiger partial charge in [-0.1, -0.05) is 32.4 Å². The second kappa shape index (κ2) is 6.63. The molecule has 1 N–H and O–H groups in total. The summed E-state index contributed by atoms with van der Waals surface area (Å²) in [7, 11) is 0. The molecule has 0 spiro atoms. The summed E-state index contributed by atoms with van der Waals surface area (Å²) in [6.45, 7) is 5.56. The Labute approximate surface area is 147 Å². The van der Waals surface area contributed by atoms with E-state index in [9.17, 15) is 22.4 Å². The smallest absolute Gasteiger partial charge is 0.318 e. The third kappa shape index (κ3) is 4.48. The van der Waals surface area contributed by atoms with Crippen molar-refractivity contribution >= 4 is 23.2 Å². The highest BCUT2D eigenvalue weighted by atomic mass is 35.5. The Bertz CT molecular complexity index is 813. The first-order valence-electron chi connectivity index (χ1n) is 7.23. The standard InChI is InChI=1S/C17H15ClF4N2O/c1-16(2,3)10-7-13(12(19)8-11(10)18)24-15(25)14-6-9(4-5-23-14)17(20,21)22/h4-8H,1-3H3,(H,24,25). The van der Waals surface area contributed by atoms with Gasteiger partial charge in [0, 0.05) is 11.2 Å². The number of halogens is 5. The lowest BCUT2D eigenvalue weighted by Crippen LogP contribution is -2.18. The van der Waals surface area contributed by atoms with Crippen molar-refractivity contribution in [3.8, 4) is 0 Å². The van der Waals surface area contributed by atoms with Crippen molar-refractivity contribution in [1.82, 2.24) is 4.98 Å². The Hall–Kier alpha value is -2.15. The second-order valence-electron chi connectivity index (χ2n) is 6.44. The summed E-state index contributed by atoms with van der Waals surface area (Å²) in [5, 5.41) is 2.44. The van der Waals surface area contributed by atoms with Crippen LogP contribution in [0.4, 0.5) is 23.2 Å². The molecule has 2 aromatic rings. The first kappa shape index (κ1) is 19.2. The van der Waals surface area contributed by atoms with Crippen molar-refractivity contribution in [2.45, 2.75) is 32.4 Å². The molecular weight excluding hydrogens is 360 g/mol. The van der Waals surface area contributed by atoms with Gasteiger partial charge >= 0.3 is 6.18 Å². The zero-order valence-electron chi connectivity index (χ0n) is 13.6. The molecule has 3 nitrogen and oxygen atoms in total. The highest BCUT2D eigenvalue weighted by Crippen LogP contribution is 2.34. The lowest BCUT2D eigenvalue weighted by Gasteiger charge is -2.22. The van der Waals surface area contributed by atoms with E-state index in [1.54, 1.807) is 0 Å². The molecule has 0 saturated heterocycles. The number of hydrogen-bond donors (Lipinski definition) is 1. The van der Waals surface area contributed by atoms with E-state index in [4.69, 9.17) is 11.6 Å². The average Bonchev–Trinajstić information content (AvgIpc) is 2.48. The van der Waals surface area contributed by atoms with Crippen LogP contribution in [-0.2, 0) is 11.6 Å². The maximum Gasteiger partial charge on any atom is 0.416 e. The topological polar surface area (TPSA) is 42.0 Å². The number of carbonyl (C=O) groups is 1. The Kier molecular flexibility index (Phi) is 5.09.